The number of rotatable bonds is 7. The van der Waals surface area contributed by atoms with E-state index in [1.54, 1.807) is 0 Å². The molecule has 0 radical (unpaired) electrons. The van der Waals surface area contributed by atoms with Gasteiger partial charge in [-0.2, -0.15) is 0 Å². The van der Waals surface area contributed by atoms with Crippen molar-refractivity contribution in [1.29, 1.82) is 0 Å². The topological polar surface area (TPSA) is 66.4 Å². The van der Waals surface area contributed by atoms with E-state index in [1.165, 1.54) is 6.92 Å². The van der Waals surface area contributed by atoms with E-state index in [1.807, 2.05) is 13.8 Å². The van der Waals surface area contributed by atoms with Gasteiger partial charge in [0.05, 0.1) is 0 Å². The van der Waals surface area contributed by atoms with E-state index in [4.69, 9.17) is 0 Å². The Kier molecular flexibility index (Phi) is 6.39. The lowest BCUT2D eigenvalue weighted by atomic mass is 9.78. The summed E-state index contributed by atoms with van der Waals surface area (Å²) in [6.45, 7) is 9.64. The second-order valence-electron chi connectivity index (χ2n) is 5.73. The van der Waals surface area contributed by atoms with E-state index >= 15 is 0 Å². The largest absolute Gasteiger partial charge is 0.383 e. The maximum absolute atomic E-state index is 11.7. The predicted molar refractivity (Wildman–Crippen MR) is 67.6 cm³/mol. The number of hydrogen-bond donors (Lipinski definition) is 2. The number of carbonyl (C=O) groups excluding carboxylic acids is 2. The summed E-state index contributed by atoms with van der Waals surface area (Å²) in [5, 5.41) is 12.5. The van der Waals surface area contributed by atoms with Crippen molar-refractivity contribution in [2.75, 3.05) is 6.54 Å². The number of hydrogen-bond acceptors (Lipinski definition) is 3. The third-order valence-electron chi connectivity index (χ3n) is 2.70. The molecule has 0 heterocycles. The maximum atomic E-state index is 11.7. The molecule has 17 heavy (non-hydrogen) atoms. The van der Waals surface area contributed by atoms with Gasteiger partial charge in [0.15, 0.2) is 0 Å². The maximum Gasteiger partial charge on any atom is 0.249 e. The van der Waals surface area contributed by atoms with Crippen molar-refractivity contribution in [3.05, 3.63) is 0 Å². The first kappa shape index (κ1) is 16.1. The minimum absolute atomic E-state index is 0.0289. The number of aliphatic hydroxyl groups is 1. The van der Waals surface area contributed by atoms with Crippen LogP contribution in [0.3, 0.4) is 0 Å². The molecule has 0 aromatic carbocycles. The van der Waals surface area contributed by atoms with Gasteiger partial charge in [-0.25, -0.2) is 0 Å². The van der Waals surface area contributed by atoms with Gasteiger partial charge >= 0.3 is 0 Å². The summed E-state index contributed by atoms with van der Waals surface area (Å²) in [4.78, 5) is 22.4. The van der Waals surface area contributed by atoms with Gasteiger partial charge in [-0.15, -0.1) is 0 Å². The first-order chi connectivity index (χ1) is 7.66. The van der Waals surface area contributed by atoms with Gasteiger partial charge in [0.25, 0.3) is 0 Å². The van der Waals surface area contributed by atoms with Crippen LogP contribution >= 0.6 is 0 Å². The zero-order chi connectivity index (χ0) is 13.6. The lowest BCUT2D eigenvalue weighted by molar-refractivity contribution is -0.135. The molecule has 0 bridgehead atoms. The van der Waals surface area contributed by atoms with Crippen molar-refractivity contribution in [3.8, 4) is 0 Å². The van der Waals surface area contributed by atoms with Crippen molar-refractivity contribution in [2.24, 2.45) is 11.3 Å². The Morgan fingerprint density at radius 1 is 1.29 bits per heavy atom. The lowest BCUT2D eigenvalue weighted by Gasteiger charge is -2.31. The van der Waals surface area contributed by atoms with Gasteiger partial charge in [0, 0.05) is 13.0 Å². The van der Waals surface area contributed by atoms with Crippen LogP contribution in [0.2, 0.25) is 0 Å². The Morgan fingerprint density at radius 3 is 2.24 bits per heavy atom. The minimum atomic E-state index is -1.03. The number of ketones is 1. The van der Waals surface area contributed by atoms with Crippen molar-refractivity contribution < 1.29 is 14.7 Å². The molecule has 0 aromatic rings. The van der Waals surface area contributed by atoms with E-state index < -0.39 is 17.4 Å². The molecule has 0 saturated heterocycles. The number of carbonyl (C=O) groups is 2. The molecule has 0 aromatic heterocycles. The summed E-state index contributed by atoms with van der Waals surface area (Å²) >= 11 is 0. The molecule has 0 rings (SSSR count). The predicted octanol–water partition coefficient (Wildman–Crippen LogP) is 1.51. The van der Waals surface area contributed by atoms with E-state index in [-0.39, 0.29) is 5.78 Å². The van der Waals surface area contributed by atoms with Crippen LogP contribution in [0.4, 0.5) is 0 Å². The Labute approximate surface area is 104 Å². The van der Waals surface area contributed by atoms with Crippen LogP contribution in [0.25, 0.3) is 0 Å². The average molecular weight is 243 g/mol. The average Bonchev–Trinajstić information content (AvgIpc) is 2.13. The van der Waals surface area contributed by atoms with Crippen molar-refractivity contribution in [2.45, 2.75) is 53.6 Å². The van der Waals surface area contributed by atoms with Crippen LogP contribution in [0.1, 0.15) is 47.5 Å². The third-order valence-corrected chi connectivity index (χ3v) is 2.70. The molecule has 0 unspecified atom stereocenters. The summed E-state index contributed by atoms with van der Waals surface area (Å²) in [6, 6.07) is 0. The van der Waals surface area contributed by atoms with Crippen LogP contribution in [-0.2, 0) is 9.59 Å². The van der Waals surface area contributed by atoms with E-state index in [0.717, 1.165) is 6.42 Å². The van der Waals surface area contributed by atoms with Gasteiger partial charge in [-0.05, 0) is 24.7 Å². The Morgan fingerprint density at radius 2 is 1.82 bits per heavy atom. The summed E-state index contributed by atoms with van der Waals surface area (Å²) in [5.41, 5.74) is -0.450. The van der Waals surface area contributed by atoms with Crippen LogP contribution in [0.5, 0.6) is 0 Å². The molecule has 0 saturated carbocycles. The zero-order valence-electron chi connectivity index (χ0n) is 11.5. The van der Waals surface area contributed by atoms with Crippen LogP contribution < -0.4 is 5.32 Å². The molecule has 0 aliphatic heterocycles. The summed E-state index contributed by atoms with van der Waals surface area (Å²) in [7, 11) is 0. The fourth-order valence-electron chi connectivity index (χ4n) is 1.98. The summed E-state index contributed by atoms with van der Waals surface area (Å²) in [6.07, 6.45) is 0.0500. The fraction of sp³-hybridized carbons (Fsp3) is 0.846. The first-order valence-corrected chi connectivity index (χ1v) is 6.12. The van der Waals surface area contributed by atoms with E-state index in [0.29, 0.717) is 18.9 Å². The normalized spacial score (nSPS) is 13.6. The smallest absolute Gasteiger partial charge is 0.249 e. The molecule has 0 fully saturated rings. The molecule has 2 N–H and O–H groups in total. The SMILES string of the molecule is CC(=O)CCNC(=O)[C@H](O)C(C)(C)CC(C)C. The van der Waals surface area contributed by atoms with Crippen LogP contribution in [-0.4, -0.2) is 29.4 Å². The summed E-state index contributed by atoms with van der Waals surface area (Å²) in [5.74, 6) is 0.0581. The number of Topliss-reactive ketones (excluding diaryl/α,β-unsaturated/α-hetero) is 1. The summed E-state index contributed by atoms with van der Waals surface area (Å²) < 4.78 is 0. The number of aliphatic hydroxyl groups excluding tert-OH is 1. The molecular weight excluding hydrogens is 218 g/mol. The van der Waals surface area contributed by atoms with Crippen LogP contribution in [0.15, 0.2) is 0 Å². The highest BCUT2D eigenvalue weighted by Crippen LogP contribution is 2.29. The molecule has 100 valence electrons. The van der Waals surface area contributed by atoms with Gasteiger partial charge in [0.2, 0.25) is 5.91 Å². The highest BCUT2D eigenvalue weighted by Gasteiger charge is 2.33. The highest BCUT2D eigenvalue weighted by molar-refractivity contribution is 5.82. The van der Waals surface area contributed by atoms with Gasteiger partial charge in [-0.3, -0.25) is 9.59 Å². The Balaban J connectivity index is 4.23. The molecule has 0 aliphatic carbocycles. The monoisotopic (exact) mass is 243 g/mol. The van der Waals surface area contributed by atoms with Crippen molar-refractivity contribution in [3.63, 3.8) is 0 Å². The zero-order valence-corrected chi connectivity index (χ0v) is 11.5. The molecule has 0 aliphatic rings. The highest BCUT2D eigenvalue weighted by atomic mass is 16.3. The van der Waals surface area contributed by atoms with Gasteiger partial charge < -0.3 is 10.4 Å². The standard InChI is InChI=1S/C13H25NO3/c1-9(2)8-13(4,5)11(16)12(17)14-7-6-10(3)15/h9,11,16H,6-8H2,1-5H3,(H,14,17)/t11-/m0/s1. The number of nitrogens with one attached hydrogen (secondary N) is 1. The fourth-order valence-corrected chi connectivity index (χ4v) is 1.98. The van der Waals surface area contributed by atoms with Gasteiger partial charge in [0.1, 0.15) is 11.9 Å². The molecule has 1 atom stereocenters. The van der Waals surface area contributed by atoms with Gasteiger partial charge in [-0.1, -0.05) is 27.7 Å². The number of amides is 1. The second-order valence-corrected chi connectivity index (χ2v) is 5.73. The van der Waals surface area contributed by atoms with Crippen molar-refractivity contribution in [1.82, 2.24) is 5.32 Å². The van der Waals surface area contributed by atoms with E-state index in [9.17, 15) is 14.7 Å². The van der Waals surface area contributed by atoms with Crippen LogP contribution in [0, 0.1) is 11.3 Å². The Bertz CT molecular complexity index is 272. The minimum Gasteiger partial charge on any atom is -0.383 e. The molecular formula is C13H25NO3. The van der Waals surface area contributed by atoms with E-state index in [2.05, 4.69) is 19.2 Å². The second kappa shape index (κ2) is 6.74. The third kappa shape index (κ3) is 6.41. The molecule has 4 nitrogen and oxygen atoms in total. The molecule has 1 amide bonds. The molecule has 0 spiro atoms. The Hall–Kier alpha value is -0.900. The lowest BCUT2D eigenvalue weighted by Crippen LogP contribution is -2.44. The first-order valence-electron chi connectivity index (χ1n) is 6.12. The quantitative estimate of drug-likeness (QED) is 0.712. The molecule has 4 heteroatoms. The van der Waals surface area contributed by atoms with Crippen molar-refractivity contribution >= 4 is 11.7 Å².